The number of nitrogens with two attached hydrogens (primary N) is 1. The zero-order valence-corrected chi connectivity index (χ0v) is 14.2. The number of imidazole rings is 1. The Hall–Kier alpha value is -2.96. The molecule has 1 aliphatic rings. The van der Waals surface area contributed by atoms with E-state index in [4.69, 9.17) is 10.8 Å². The van der Waals surface area contributed by atoms with Gasteiger partial charge in [0.05, 0.1) is 11.6 Å². The minimum absolute atomic E-state index is 0.380. The number of nitrogen functional groups attached to an aromatic ring is 1. The Labute approximate surface area is 144 Å². The summed E-state index contributed by atoms with van der Waals surface area (Å²) in [5.74, 6) is 1.74. The Morgan fingerprint density at radius 3 is 2.88 bits per heavy atom. The van der Waals surface area contributed by atoms with Crippen LogP contribution in [0.25, 0.3) is 27.9 Å². The van der Waals surface area contributed by atoms with Crippen LogP contribution >= 0.6 is 0 Å². The van der Waals surface area contributed by atoms with Crippen LogP contribution in [-0.2, 0) is 0 Å². The quantitative estimate of drug-likeness (QED) is 0.623. The monoisotopic (exact) mass is 333 g/mol. The summed E-state index contributed by atoms with van der Waals surface area (Å²) in [5, 5.41) is 10.4. The highest BCUT2D eigenvalue weighted by atomic mass is 15.3. The molecule has 7 heteroatoms. The summed E-state index contributed by atoms with van der Waals surface area (Å²) >= 11 is 0. The summed E-state index contributed by atoms with van der Waals surface area (Å²) in [7, 11) is 0. The zero-order valence-electron chi connectivity index (χ0n) is 14.2. The number of hydrogen-bond donors (Lipinski definition) is 1. The minimum Gasteiger partial charge on any atom is -0.380 e. The molecule has 1 aliphatic carbocycles. The van der Waals surface area contributed by atoms with E-state index in [0.717, 1.165) is 27.9 Å². The second kappa shape index (κ2) is 5.02. The number of hydrogen-bond acceptors (Lipinski definition) is 5. The maximum atomic E-state index is 6.02. The SMILES string of the molecule is Cc1cc(-c2nc(N)c3nccn3n2)cc2cn(C(C)C3CC3)nc12. The second-order valence-corrected chi connectivity index (χ2v) is 6.93. The maximum absolute atomic E-state index is 6.02. The van der Waals surface area contributed by atoms with Gasteiger partial charge in [-0.25, -0.2) is 14.5 Å². The molecule has 1 saturated carbocycles. The topological polar surface area (TPSA) is 86.9 Å². The molecule has 0 bridgehead atoms. The summed E-state index contributed by atoms with van der Waals surface area (Å²) in [6.07, 6.45) is 8.19. The van der Waals surface area contributed by atoms with Crippen molar-refractivity contribution in [2.24, 2.45) is 5.92 Å². The lowest BCUT2D eigenvalue weighted by Gasteiger charge is -2.09. The Morgan fingerprint density at radius 1 is 1.24 bits per heavy atom. The van der Waals surface area contributed by atoms with Gasteiger partial charge in [-0.15, -0.1) is 5.10 Å². The van der Waals surface area contributed by atoms with E-state index in [9.17, 15) is 0 Å². The fourth-order valence-electron chi connectivity index (χ4n) is 3.43. The predicted molar refractivity (Wildman–Crippen MR) is 96.1 cm³/mol. The highest BCUT2D eigenvalue weighted by molar-refractivity contribution is 5.86. The first-order chi connectivity index (χ1) is 12.1. The number of nitrogens with zero attached hydrogens (tertiary/aromatic N) is 6. The molecular weight excluding hydrogens is 314 g/mol. The first-order valence-electron chi connectivity index (χ1n) is 8.57. The highest BCUT2D eigenvalue weighted by Gasteiger charge is 2.29. The number of rotatable bonds is 3. The average Bonchev–Trinajstić information content (AvgIpc) is 3.16. The normalized spacial score (nSPS) is 15.9. The Kier molecular flexibility index (Phi) is 2.89. The number of aromatic nitrogens is 6. The van der Waals surface area contributed by atoms with E-state index in [-0.39, 0.29) is 0 Å². The molecule has 0 radical (unpaired) electrons. The Bertz CT molecular complexity index is 1100. The molecule has 0 aliphatic heterocycles. The third-order valence-electron chi connectivity index (χ3n) is 5.08. The van der Waals surface area contributed by atoms with E-state index in [1.165, 1.54) is 12.8 Å². The predicted octanol–water partition coefficient (Wildman–Crippen LogP) is 3.00. The van der Waals surface area contributed by atoms with E-state index in [0.29, 0.717) is 23.3 Å². The van der Waals surface area contributed by atoms with Crippen LogP contribution in [0.4, 0.5) is 5.82 Å². The van der Waals surface area contributed by atoms with Crippen LogP contribution in [0, 0.1) is 12.8 Å². The molecular formula is C18H19N7. The van der Waals surface area contributed by atoms with Crippen molar-refractivity contribution in [2.45, 2.75) is 32.7 Å². The number of aryl methyl sites for hydroxylation is 1. The number of fused-ring (bicyclic) bond motifs is 2. The smallest absolute Gasteiger partial charge is 0.196 e. The minimum atomic E-state index is 0.380. The molecule has 3 aromatic heterocycles. The van der Waals surface area contributed by atoms with Crippen molar-refractivity contribution < 1.29 is 0 Å². The van der Waals surface area contributed by atoms with Crippen molar-refractivity contribution in [3.05, 3.63) is 36.3 Å². The van der Waals surface area contributed by atoms with Crippen LogP contribution in [0.15, 0.2) is 30.7 Å². The van der Waals surface area contributed by atoms with Crippen LogP contribution in [0.3, 0.4) is 0 Å². The van der Waals surface area contributed by atoms with Gasteiger partial charge < -0.3 is 5.73 Å². The molecule has 5 rings (SSSR count). The molecule has 7 nitrogen and oxygen atoms in total. The van der Waals surface area contributed by atoms with Crippen molar-refractivity contribution in [1.29, 1.82) is 0 Å². The van der Waals surface area contributed by atoms with Gasteiger partial charge in [0.1, 0.15) is 0 Å². The summed E-state index contributed by atoms with van der Waals surface area (Å²) < 4.78 is 3.77. The van der Waals surface area contributed by atoms with Crippen molar-refractivity contribution in [1.82, 2.24) is 29.4 Å². The first-order valence-corrected chi connectivity index (χ1v) is 8.57. The van der Waals surface area contributed by atoms with Crippen molar-refractivity contribution in [3.63, 3.8) is 0 Å². The van der Waals surface area contributed by atoms with Gasteiger partial charge in [0, 0.05) is 29.5 Å². The van der Waals surface area contributed by atoms with Crippen molar-refractivity contribution in [3.8, 4) is 11.4 Å². The van der Waals surface area contributed by atoms with Gasteiger partial charge in [-0.05, 0) is 50.3 Å². The molecule has 0 amide bonds. The van der Waals surface area contributed by atoms with Crippen LogP contribution in [0.5, 0.6) is 0 Å². The van der Waals surface area contributed by atoms with Gasteiger partial charge in [0.15, 0.2) is 17.3 Å². The Balaban J connectivity index is 1.65. The molecule has 0 saturated heterocycles. The van der Waals surface area contributed by atoms with Gasteiger partial charge >= 0.3 is 0 Å². The van der Waals surface area contributed by atoms with Gasteiger partial charge in [0.25, 0.3) is 0 Å². The average molecular weight is 333 g/mol. The van der Waals surface area contributed by atoms with Gasteiger partial charge in [0.2, 0.25) is 0 Å². The third-order valence-corrected chi connectivity index (χ3v) is 5.08. The second-order valence-electron chi connectivity index (χ2n) is 6.93. The Morgan fingerprint density at radius 2 is 2.08 bits per heavy atom. The number of anilines is 1. The van der Waals surface area contributed by atoms with Crippen LogP contribution in [0.1, 0.15) is 31.4 Å². The summed E-state index contributed by atoms with van der Waals surface area (Å²) in [6, 6.07) is 4.60. The van der Waals surface area contributed by atoms with Gasteiger partial charge in [-0.1, -0.05) is 0 Å². The zero-order chi connectivity index (χ0) is 17.1. The fraction of sp³-hybridized carbons (Fsp3) is 0.333. The largest absolute Gasteiger partial charge is 0.380 e. The molecule has 0 spiro atoms. The maximum Gasteiger partial charge on any atom is 0.196 e. The van der Waals surface area contributed by atoms with Crippen LogP contribution < -0.4 is 5.73 Å². The summed E-state index contributed by atoms with van der Waals surface area (Å²) in [4.78, 5) is 8.59. The molecule has 1 aromatic carbocycles. The molecule has 25 heavy (non-hydrogen) atoms. The molecule has 4 aromatic rings. The summed E-state index contributed by atoms with van der Waals surface area (Å²) in [6.45, 7) is 4.32. The molecule has 3 heterocycles. The fourth-order valence-corrected chi connectivity index (χ4v) is 3.43. The molecule has 2 N–H and O–H groups in total. The van der Waals surface area contributed by atoms with Crippen LogP contribution in [0.2, 0.25) is 0 Å². The molecule has 1 unspecified atom stereocenters. The first kappa shape index (κ1) is 14.4. The van der Waals surface area contributed by atoms with E-state index in [2.05, 4.69) is 51.9 Å². The molecule has 126 valence electrons. The van der Waals surface area contributed by atoms with E-state index < -0.39 is 0 Å². The standard InChI is InChI=1S/C18H19N7/c1-10-7-13(17-21-16(19)18-20-5-6-24(18)23-17)8-14-9-25(22-15(10)14)11(2)12-3-4-12/h5-9,11-12H,3-4H2,1-2H3,(H2,19,21,23). The van der Waals surface area contributed by atoms with Crippen LogP contribution in [-0.4, -0.2) is 29.4 Å². The van der Waals surface area contributed by atoms with Crippen molar-refractivity contribution in [2.75, 3.05) is 5.73 Å². The van der Waals surface area contributed by atoms with Crippen molar-refractivity contribution >= 4 is 22.4 Å². The highest BCUT2D eigenvalue weighted by Crippen LogP contribution is 2.39. The molecule has 1 atom stereocenters. The summed E-state index contributed by atoms with van der Waals surface area (Å²) in [5.41, 5.74) is 9.68. The van der Waals surface area contributed by atoms with E-state index >= 15 is 0 Å². The lowest BCUT2D eigenvalue weighted by Crippen LogP contribution is -2.07. The third kappa shape index (κ3) is 2.26. The molecule has 1 fully saturated rings. The lowest BCUT2D eigenvalue weighted by molar-refractivity contribution is 0.443. The lowest BCUT2D eigenvalue weighted by atomic mass is 10.1. The van der Waals surface area contributed by atoms with E-state index in [1.807, 2.05) is 0 Å². The van der Waals surface area contributed by atoms with E-state index in [1.54, 1.807) is 16.9 Å². The number of benzene rings is 1. The van der Waals surface area contributed by atoms with Gasteiger partial charge in [-0.3, -0.25) is 4.68 Å². The van der Waals surface area contributed by atoms with Gasteiger partial charge in [-0.2, -0.15) is 5.10 Å².